The molecule has 0 bridgehead atoms. The van der Waals surface area contributed by atoms with E-state index in [1.807, 2.05) is 27.7 Å². The summed E-state index contributed by atoms with van der Waals surface area (Å²) >= 11 is 0. The van der Waals surface area contributed by atoms with E-state index in [9.17, 15) is 9.90 Å². The number of aromatic nitrogens is 1. The van der Waals surface area contributed by atoms with Gasteiger partial charge in [-0.05, 0) is 32.6 Å². The van der Waals surface area contributed by atoms with Crippen LogP contribution in [-0.2, 0) is 6.42 Å². The quantitative estimate of drug-likeness (QED) is 0.708. The molecule has 0 aliphatic heterocycles. The van der Waals surface area contributed by atoms with Crippen molar-refractivity contribution in [2.75, 3.05) is 13.1 Å². The molecule has 0 fully saturated rings. The third-order valence-electron chi connectivity index (χ3n) is 3.34. The molecule has 1 heterocycles. The van der Waals surface area contributed by atoms with Crippen molar-refractivity contribution >= 4 is 6.03 Å². The fourth-order valence-corrected chi connectivity index (χ4v) is 1.89. The topological polar surface area (TPSA) is 87.4 Å². The highest BCUT2D eigenvalue weighted by Crippen LogP contribution is 2.11. The second-order valence-corrected chi connectivity index (χ2v) is 5.34. The van der Waals surface area contributed by atoms with Crippen molar-refractivity contribution in [3.8, 4) is 0 Å². The minimum Gasteiger partial charge on any atom is -0.393 e. The second kappa shape index (κ2) is 7.89. The van der Waals surface area contributed by atoms with Crippen LogP contribution in [0.15, 0.2) is 4.52 Å². The predicted molar refractivity (Wildman–Crippen MR) is 76.5 cm³/mol. The number of nitrogens with one attached hydrogen (secondary N) is 2. The number of urea groups is 1. The summed E-state index contributed by atoms with van der Waals surface area (Å²) in [5, 5.41) is 19.0. The highest BCUT2D eigenvalue weighted by molar-refractivity contribution is 5.73. The van der Waals surface area contributed by atoms with Gasteiger partial charge in [0.05, 0.1) is 11.8 Å². The van der Waals surface area contributed by atoms with Crippen molar-refractivity contribution in [1.82, 2.24) is 15.8 Å². The summed E-state index contributed by atoms with van der Waals surface area (Å²) in [6, 6.07) is -0.215. The number of carbonyl (C=O) groups excluding carboxylic acids is 1. The van der Waals surface area contributed by atoms with Gasteiger partial charge in [0.1, 0.15) is 5.76 Å². The van der Waals surface area contributed by atoms with Crippen molar-refractivity contribution in [3.05, 3.63) is 17.0 Å². The largest absolute Gasteiger partial charge is 0.393 e. The first-order valence-electron chi connectivity index (χ1n) is 7.03. The van der Waals surface area contributed by atoms with Crippen LogP contribution in [0.4, 0.5) is 4.79 Å². The van der Waals surface area contributed by atoms with Gasteiger partial charge in [-0.15, -0.1) is 0 Å². The van der Waals surface area contributed by atoms with Crippen molar-refractivity contribution in [2.24, 2.45) is 5.92 Å². The molecule has 1 unspecified atom stereocenters. The van der Waals surface area contributed by atoms with Gasteiger partial charge >= 0.3 is 6.03 Å². The Kier molecular flexibility index (Phi) is 6.51. The highest BCUT2D eigenvalue weighted by atomic mass is 16.5. The Morgan fingerprint density at radius 3 is 2.50 bits per heavy atom. The molecule has 0 saturated carbocycles. The molecule has 0 aliphatic carbocycles. The minimum atomic E-state index is -0.377. The van der Waals surface area contributed by atoms with E-state index in [2.05, 4.69) is 15.8 Å². The SMILES string of the molecule is Cc1noc(C)c1CCNC(=O)NCCC(O)C(C)C. The van der Waals surface area contributed by atoms with Gasteiger partial charge in [0, 0.05) is 18.7 Å². The van der Waals surface area contributed by atoms with E-state index in [1.54, 1.807) is 0 Å². The molecule has 0 aromatic carbocycles. The summed E-state index contributed by atoms with van der Waals surface area (Å²) in [4.78, 5) is 11.5. The van der Waals surface area contributed by atoms with Crippen LogP contribution in [0.1, 0.15) is 37.3 Å². The molecule has 1 atom stereocenters. The highest BCUT2D eigenvalue weighted by Gasteiger charge is 2.10. The van der Waals surface area contributed by atoms with Gasteiger partial charge in [-0.3, -0.25) is 0 Å². The van der Waals surface area contributed by atoms with Gasteiger partial charge in [-0.25, -0.2) is 4.79 Å². The molecule has 6 heteroatoms. The Morgan fingerprint density at radius 2 is 1.95 bits per heavy atom. The third kappa shape index (κ3) is 5.21. The van der Waals surface area contributed by atoms with Crippen LogP contribution < -0.4 is 10.6 Å². The summed E-state index contributed by atoms with van der Waals surface area (Å²) in [6.07, 6.45) is 0.885. The van der Waals surface area contributed by atoms with Gasteiger partial charge in [-0.2, -0.15) is 0 Å². The standard InChI is InChI=1S/C14H25N3O3/c1-9(2)13(18)6-8-16-14(19)15-7-5-12-10(3)17-20-11(12)4/h9,13,18H,5-8H2,1-4H3,(H2,15,16,19). The Balaban J connectivity index is 2.18. The number of amides is 2. The first-order chi connectivity index (χ1) is 9.41. The molecule has 1 aromatic rings. The molecule has 114 valence electrons. The monoisotopic (exact) mass is 283 g/mol. The number of aliphatic hydroxyl groups is 1. The van der Waals surface area contributed by atoms with Gasteiger partial charge in [0.2, 0.25) is 0 Å². The maximum absolute atomic E-state index is 11.5. The van der Waals surface area contributed by atoms with E-state index < -0.39 is 0 Å². The minimum absolute atomic E-state index is 0.208. The van der Waals surface area contributed by atoms with Crippen LogP contribution in [0.2, 0.25) is 0 Å². The van der Waals surface area contributed by atoms with Crippen molar-refractivity contribution < 1.29 is 14.4 Å². The van der Waals surface area contributed by atoms with E-state index in [0.29, 0.717) is 25.9 Å². The summed E-state index contributed by atoms with van der Waals surface area (Å²) in [6.45, 7) is 8.66. The molecule has 0 spiro atoms. The molecule has 20 heavy (non-hydrogen) atoms. The Hall–Kier alpha value is -1.56. The molecule has 0 radical (unpaired) electrons. The zero-order chi connectivity index (χ0) is 15.1. The molecule has 1 rings (SSSR count). The first kappa shape index (κ1) is 16.5. The van der Waals surface area contributed by atoms with E-state index >= 15 is 0 Å². The van der Waals surface area contributed by atoms with Crippen LogP contribution in [0, 0.1) is 19.8 Å². The number of hydrogen-bond donors (Lipinski definition) is 3. The lowest BCUT2D eigenvalue weighted by Crippen LogP contribution is -2.38. The molecule has 0 saturated heterocycles. The van der Waals surface area contributed by atoms with Crippen LogP contribution in [0.3, 0.4) is 0 Å². The van der Waals surface area contributed by atoms with Gasteiger partial charge < -0.3 is 20.3 Å². The van der Waals surface area contributed by atoms with Crippen LogP contribution in [-0.4, -0.2) is 35.5 Å². The summed E-state index contributed by atoms with van der Waals surface area (Å²) < 4.78 is 5.06. The molecule has 0 aliphatic rings. The number of aliphatic hydroxyl groups excluding tert-OH is 1. The van der Waals surface area contributed by atoms with Crippen LogP contribution in [0.5, 0.6) is 0 Å². The van der Waals surface area contributed by atoms with Gasteiger partial charge in [-0.1, -0.05) is 19.0 Å². The normalized spacial score (nSPS) is 12.5. The summed E-state index contributed by atoms with van der Waals surface area (Å²) in [5.74, 6) is 1.00. The lowest BCUT2D eigenvalue weighted by molar-refractivity contribution is 0.116. The van der Waals surface area contributed by atoms with E-state index in [1.165, 1.54) is 0 Å². The average Bonchev–Trinajstić information content (AvgIpc) is 2.70. The van der Waals surface area contributed by atoms with E-state index in [0.717, 1.165) is 17.0 Å². The van der Waals surface area contributed by atoms with E-state index in [4.69, 9.17) is 4.52 Å². The van der Waals surface area contributed by atoms with Crippen molar-refractivity contribution in [3.63, 3.8) is 0 Å². The summed E-state index contributed by atoms with van der Waals surface area (Å²) in [5.41, 5.74) is 1.91. The van der Waals surface area contributed by atoms with Gasteiger partial charge in [0.25, 0.3) is 0 Å². The maximum atomic E-state index is 11.5. The van der Waals surface area contributed by atoms with Crippen LogP contribution in [0.25, 0.3) is 0 Å². The third-order valence-corrected chi connectivity index (χ3v) is 3.34. The van der Waals surface area contributed by atoms with Crippen molar-refractivity contribution in [1.29, 1.82) is 0 Å². The Labute approximate surface area is 119 Å². The fourth-order valence-electron chi connectivity index (χ4n) is 1.89. The lowest BCUT2D eigenvalue weighted by Gasteiger charge is -2.14. The zero-order valence-electron chi connectivity index (χ0n) is 12.7. The number of nitrogens with zero attached hydrogens (tertiary/aromatic N) is 1. The number of rotatable bonds is 7. The van der Waals surface area contributed by atoms with E-state index in [-0.39, 0.29) is 18.1 Å². The average molecular weight is 283 g/mol. The predicted octanol–water partition coefficient (Wildman–Crippen LogP) is 1.54. The number of hydrogen-bond acceptors (Lipinski definition) is 4. The number of aryl methyl sites for hydroxylation is 2. The Bertz CT molecular complexity index is 410. The molecular formula is C14H25N3O3. The first-order valence-corrected chi connectivity index (χ1v) is 7.03. The second-order valence-electron chi connectivity index (χ2n) is 5.34. The lowest BCUT2D eigenvalue weighted by atomic mass is 10.0. The molecule has 1 aromatic heterocycles. The van der Waals surface area contributed by atoms with Gasteiger partial charge in [0.15, 0.2) is 0 Å². The Morgan fingerprint density at radius 1 is 1.30 bits per heavy atom. The van der Waals surface area contributed by atoms with Crippen LogP contribution >= 0.6 is 0 Å². The zero-order valence-corrected chi connectivity index (χ0v) is 12.7. The number of carbonyl (C=O) groups is 1. The maximum Gasteiger partial charge on any atom is 0.314 e. The molecule has 2 amide bonds. The molecule has 3 N–H and O–H groups in total. The molecular weight excluding hydrogens is 258 g/mol. The van der Waals surface area contributed by atoms with Crippen molar-refractivity contribution in [2.45, 2.75) is 46.6 Å². The fraction of sp³-hybridized carbons (Fsp3) is 0.714. The molecule has 6 nitrogen and oxygen atoms in total. The summed E-state index contributed by atoms with van der Waals surface area (Å²) in [7, 11) is 0. The smallest absolute Gasteiger partial charge is 0.314 e.